The number of piperidine rings is 1. The molecule has 31 heavy (non-hydrogen) atoms. The number of amides is 2. The van der Waals surface area contributed by atoms with Gasteiger partial charge in [-0.1, -0.05) is 30.3 Å². The molecule has 1 aliphatic rings. The van der Waals surface area contributed by atoms with Crippen LogP contribution in [0.4, 0.5) is 0 Å². The zero-order chi connectivity index (χ0) is 21.9. The first kappa shape index (κ1) is 22.5. The molecule has 7 heteroatoms. The van der Waals surface area contributed by atoms with E-state index in [2.05, 4.69) is 5.32 Å². The van der Waals surface area contributed by atoms with Crippen LogP contribution in [0, 0.1) is 0 Å². The molecule has 0 aromatic heterocycles. The maximum atomic E-state index is 12.5. The van der Waals surface area contributed by atoms with E-state index >= 15 is 0 Å². The van der Waals surface area contributed by atoms with Crippen molar-refractivity contribution < 1.29 is 23.8 Å². The summed E-state index contributed by atoms with van der Waals surface area (Å²) >= 11 is 0. The van der Waals surface area contributed by atoms with Gasteiger partial charge in [-0.15, -0.1) is 0 Å². The van der Waals surface area contributed by atoms with Crippen LogP contribution in [0.5, 0.6) is 17.2 Å². The topological polar surface area (TPSA) is 77.1 Å². The molecule has 0 atom stereocenters. The Morgan fingerprint density at radius 2 is 1.58 bits per heavy atom. The fraction of sp³-hybridized carbons (Fsp3) is 0.417. The number of carbonyl (C=O) groups excluding carboxylic acids is 2. The maximum absolute atomic E-state index is 12.5. The van der Waals surface area contributed by atoms with Gasteiger partial charge in [0.15, 0.2) is 18.1 Å². The molecule has 7 nitrogen and oxygen atoms in total. The molecule has 0 radical (unpaired) electrons. The van der Waals surface area contributed by atoms with Crippen LogP contribution in [0.3, 0.4) is 0 Å². The largest absolute Gasteiger partial charge is 0.493 e. The summed E-state index contributed by atoms with van der Waals surface area (Å²) in [6.07, 6.45) is 1.76. The van der Waals surface area contributed by atoms with Crippen LogP contribution in [-0.4, -0.2) is 55.7 Å². The predicted molar refractivity (Wildman–Crippen MR) is 117 cm³/mol. The number of hydrogen-bond donors (Lipinski definition) is 1. The van der Waals surface area contributed by atoms with Crippen LogP contribution in [0.15, 0.2) is 54.6 Å². The first-order valence-corrected chi connectivity index (χ1v) is 10.8. The van der Waals surface area contributed by atoms with Crippen molar-refractivity contribution in [1.82, 2.24) is 10.2 Å². The maximum Gasteiger partial charge on any atom is 0.260 e. The van der Waals surface area contributed by atoms with Gasteiger partial charge in [0.25, 0.3) is 5.91 Å². The van der Waals surface area contributed by atoms with E-state index in [1.165, 1.54) is 0 Å². The number of para-hydroxylation sites is 3. The molecule has 3 rings (SSSR count). The second kappa shape index (κ2) is 11.8. The fourth-order valence-electron chi connectivity index (χ4n) is 3.43. The molecule has 166 valence electrons. The number of ether oxygens (including phenoxy) is 3. The molecule has 0 spiro atoms. The average molecular weight is 427 g/mol. The lowest BCUT2D eigenvalue weighted by molar-refractivity contribution is -0.134. The van der Waals surface area contributed by atoms with Crippen LogP contribution < -0.4 is 19.5 Å². The smallest absolute Gasteiger partial charge is 0.260 e. The van der Waals surface area contributed by atoms with Gasteiger partial charge in [0.05, 0.1) is 19.6 Å². The number of benzene rings is 2. The summed E-state index contributed by atoms with van der Waals surface area (Å²) < 4.78 is 16.8. The van der Waals surface area contributed by atoms with Gasteiger partial charge in [-0.05, 0) is 44.0 Å². The molecule has 0 bridgehead atoms. The van der Waals surface area contributed by atoms with Crippen LogP contribution in [0.2, 0.25) is 0 Å². The van der Waals surface area contributed by atoms with Gasteiger partial charge in [-0.25, -0.2) is 0 Å². The molecular weight excluding hydrogens is 396 g/mol. The SMILES string of the molecule is CCOc1ccccc1OCC(=O)N1CCC(NC(=O)CCOc2ccccc2)CC1. The molecule has 0 aliphatic carbocycles. The first-order valence-electron chi connectivity index (χ1n) is 10.8. The van der Waals surface area contributed by atoms with Gasteiger partial charge < -0.3 is 24.4 Å². The Balaban J connectivity index is 1.34. The molecule has 1 fully saturated rings. The number of carbonyl (C=O) groups is 2. The minimum absolute atomic E-state index is 0.0298. The van der Waals surface area contributed by atoms with Gasteiger partial charge in [0.1, 0.15) is 5.75 Å². The second-order valence-electron chi connectivity index (χ2n) is 7.30. The Morgan fingerprint density at radius 1 is 0.935 bits per heavy atom. The van der Waals surface area contributed by atoms with Crippen molar-refractivity contribution in [2.45, 2.75) is 32.2 Å². The van der Waals surface area contributed by atoms with Crippen LogP contribution in [0.25, 0.3) is 0 Å². The third kappa shape index (κ3) is 7.20. The van der Waals surface area contributed by atoms with Gasteiger partial charge in [0.2, 0.25) is 5.91 Å². The Bertz CT molecular complexity index is 835. The van der Waals surface area contributed by atoms with E-state index in [4.69, 9.17) is 14.2 Å². The van der Waals surface area contributed by atoms with E-state index in [0.717, 1.165) is 18.6 Å². The normalized spacial score (nSPS) is 14.0. The second-order valence-corrected chi connectivity index (χ2v) is 7.30. The summed E-state index contributed by atoms with van der Waals surface area (Å²) in [5.74, 6) is 1.87. The predicted octanol–water partition coefficient (Wildman–Crippen LogP) is 3.04. The summed E-state index contributed by atoms with van der Waals surface area (Å²) in [5.41, 5.74) is 0. The highest BCUT2D eigenvalue weighted by atomic mass is 16.5. The van der Waals surface area contributed by atoms with E-state index in [-0.39, 0.29) is 24.5 Å². The lowest BCUT2D eigenvalue weighted by Crippen LogP contribution is -2.47. The van der Waals surface area contributed by atoms with Crippen LogP contribution >= 0.6 is 0 Å². The average Bonchev–Trinajstić information content (AvgIpc) is 2.80. The summed E-state index contributed by atoms with van der Waals surface area (Å²) in [6, 6.07) is 16.8. The van der Waals surface area contributed by atoms with E-state index in [0.29, 0.717) is 44.2 Å². The van der Waals surface area contributed by atoms with E-state index in [9.17, 15) is 9.59 Å². The third-order valence-electron chi connectivity index (χ3n) is 5.05. The van der Waals surface area contributed by atoms with Gasteiger partial charge in [0, 0.05) is 19.1 Å². The number of nitrogens with zero attached hydrogens (tertiary/aromatic N) is 1. The molecular formula is C24H30N2O5. The lowest BCUT2D eigenvalue weighted by atomic mass is 10.0. The van der Waals surface area contributed by atoms with E-state index in [1.54, 1.807) is 11.0 Å². The van der Waals surface area contributed by atoms with Crippen molar-refractivity contribution in [3.8, 4) is 17.2 Å². The fourth-order valence-corrected chi connectivity index (χ4v) is 3.43. The third-order valence-corrected chi connectivity index (χ3v) is 5.05. The Morgan fingerprint density at radius 3 is 2.26 bits per heavy atom. The zero-order valence-electron chi connectivity index (χ0n) is 17.9. The molecule has 2 amide bonds. The van der Waals surface area contributed by atoms with Crippen molar-refractivity contribution >= 4 is 11.8 Å². The molecule has 1 N–H and O–H groups in total. The Kier molecular flexibility index (Phi) is 8.58. The van der Waals surface area contributed by atoms with E-state index in [1.807, 2.05) is 55.5 Å². The summed E-state index contributed by atoms with van der Waals surface area (Å²) in [5, 5.41) is 3.04. The molecule has 0 unspecified atom stereocenters. The number of likely N-dealkylation sites (tertiary alicyclic amines) is 1. The number of rotatable bonds is 10. The molecule has 1 saturated heterocycles. The molecule has 0 saturated carbocycles. The van der Waals surface area contributed by atoms with Crippen molar-refractivity contribution in [1.29, 1.82) is 0 Å². The highest BCUT2D eigenvalue weighted by Crippen LogP contribution is 2.26. The lowest BCUT2D eigenvalue weighted by Gasteiger charge is -2.32. The molecule has 1 aliphatic heterocycles. The molecule has 1 heterocycles. The summed E-state index contributed by atoms with van der Waals surface area (Å²) in [7, 11) is 0. The zero-order valence-corrected chi connectivity index (χ0v) is 17.9. The standard InChI is InChI=1S/C24H30N2O5/c1-2-29-21-10-6-7-11-22(21)31-18-24(28)26-15-12-19(13-16-26)25-23(27)14-17-30-20-8-4-3-5-9-20/h3-11,19H,2,12-18H2,1H3,(H,25,27). The quantitative estimate of drug-likeness (QED) is 0.632. The summed E-state index contributed by atoms with van der Waals surface area (Å²) in [4.78, 5) is 26.4. The summed E-state index contributed by atoms with van der Waals surface area (Å²) in [6.45, 7) is 3.94. The van der Waals surface area contributed by atoms with Crippen molar-refractivity contribution in [3.63, 3.8) is 0 Å². The highest BCUT2D eigenvalue weighted by Gasteiger charge is 2.24. The first-order chi connectivity index (χ1) is 15.2. The van der Waals surface area contributed by atoms with Gasteiger partial charge in [-0.3, -0.25) is 9.59 Å². The minimum atomic E-state index is -0.0626. The molecule has 2 aromatic carbocycles. The number of hydrogen-bond acceptors (Lipinski definition) is 5. The van der Waals surface area contributed by atoms with Crippen LogP contribution in [0.1, 0.15) is 26.2 Å². The van der Waals surface area contributed by atoms with Crippen molar-refractivity contribution in [2.75, 3.05) is 32.9 Å². The Hall–Kier alpha value is -3.22. The monoisotopic (exact) mass is 426 g/mol. The van der Waals surface area contributed by atoms with E-state index < -0.39 is 0 Å². The minimum Gasteiger partial charge on any atom is -0.493 e. The number of nitrogens with one attached hydrogen (secondary N) is 1. The highest BCUT2D eigenvalue weighted by molar-refractivity contribution is 5.78. The Labute approximate surface area is 183 Å². The van der Waals surface area contributed by atoms with Crippen molar-refractivity contribution in [3.05, 3.63) is 54.6 Å². The van der Waals surface area contributed by atoms with Crippen LogP contribution in [-0.2, 0) is 9.59 Å². The molecule has 2 aromatic rings. The van der Waals surface area contributed by atoms with Crippen molar-refractivity contribution in [2.24, 2.45) is 0 Å². The van der Waals surface area contributed by atoms with Gasteiger partial charge >= 0.3 is 0 Å². The van der Waals surface area contributed by atoms with Gasteiger partial charge in [-0.2, -0.15) is 0 Å².